The number of thiocarbonyl (C=S) groups is 1. The molecule has 130 valence electrons. The molecule has 2 N–H and O–H groups in total. The Labute approximate surface area is 159 Å². The first-order valence-electron chi connectivity index (χ1n) is 7.88. The van der Waals surface area contributed by atoms with Crippen molar-refractivity contribution in [3.63, 3.8) is 0 Å². The summed E-state index contributed by atoms with van der Waals surface area (Å²) in [6, 6.07) is 7.69. The van der Waals surface area contributed by atoms with Gasteiger partial charge in [-0.25, -0.2) is 0 Å². The molecule has 0 atom stereocenters. The molecule has 3 heterocycles. The molecular formula is C19H14N2O3S2. The van der Waals surface area contributed by atoms with Gasteiger partial charge in [0.25, 0.3) is 5.91 Å². The maximum absolute atomic E-state index is 11.8. The molecule has 0 aliphatic carbocycles. The Bertz CT molecular complexity index is 1090. The van der Waals surface area contributed by atoms with E-state index in [-0.39, 0.29) is 12.5 Å². The Morgan fingerprint density at radius 2 is 2.19 bits per heavy atom. The van der Waals surface area contributed by atoms with E-state index in [1.807, 2.05) is 31.2 Å². The second kappa shape index (κ2) is 6.68. The van der Waals surface area contributed by atoms with Crippen LogP contribution in [0.4, 0.5) is 0 Å². The van der Waals surface area contributed by atoms with E-state index in [4.69, 9.17) is 16.6 Å². The maximum atomic E-state index is 11.8. The molecule has 26 heavy (non-hydrogen) atoms. The first kappa shape index (κ1) is 17.0. The zero-order valence-corrected chi connectivity index (χ0v) is 15.4. The van der Waals surface area contributed by atoms with Crippen LogP contribution in [0.25, 0.3) is 28.2 Å². The fourth-order valence-electron chi connectivity index (χ4n) is 2.85. The van der Waals surface area contributed by atoms with Gasteiger partial charge in [0.15, 0.2) is 0 Å². The number of nitrogens with zero attached hydrogens (tertiary/aromatic N) is 1. The quantitative estimate of drug-likeness (QED) is 0.530. The number of hydrogen-bond acceptors (Lipinski definition) is 6. The third-order valence-electron chi connectivity index (χ3n) is 4.18. The van der Waals surface area contributed by atoms with Crippen molar-refractivity contribution in [2.45, 2.75) is 13.5 Å². The maximum Gasteiger partial charge on any atom is 0.263 e. The van der Waals surface area contributed by atoms with Crippen LogP contribution in [0, 0.1) is 6.92 Å². The molecule has 0 bridgehead atoms. The lowest BCUT2D eigenvalue weighted by molar-refractivity contribution is -0.115. The summed E-state index contributed by atoms with van der Waals surface area (Å²) in [7, 11) is 0. The fourth-order valence-corrected chi connectivity index (χ4v) is 3.87. The number of fused-ring (bicyclic) bond motifs is 1. The minimum atomic E-state index is -0.214. The Kier molecular flexibility index (Phi) is 4.36. The van der Waals surface area contributed by atoms with Crippen LogP contribution in [0.15, 0.2) is 46.0 Å². The van der Waals surface area contributed by atoms with Gasteiger partial charge in [0, 0.05) is 29.4 Å². The first-order chi connectivity index (χ1) is 12.5. The smallest absolute Gasteiger partial charge is 0.263 e. The second-order valence-electron chi connectivity index (χ2n) is 5.91. The normalized spacial score (nSPS) is 15.8. The highest BCUT2D eigenvalue weighted by molar-refractivity contribution is 8.26. The SMILES string of the molecule is Cc1cc(-c2cncc3cc(/C=C4\SC(=S)NC4=O)oc23)ccc1CO. The second-order valence-corrected chi connectivity index (χ2v) is 7.62. The summed E-state index contributed by atoms with van der Waals surface area (Å²) in [5.74, 6) is 0.356. The monoisotopic (exact) mass is 382 g/mol. The van der Waals surface area contributed by atoms with Gasteiger partial charge in [-0.15, -0.1) is 0 Å². The third-order valence-corrected chi connectivity index (χ3v) is 5.34. The molecule has 1 amide bonds. The summed E-state index contributed by atoms with van der Waals surface area (Å²) in [5, 5.41) is 12.8. The number of aryl methyl sites for hydroxylation is 1. The number of rotatable bonds is 3. The van der Waals surface area contributed by atoms with Crippen molar-refractivity contribution >= 4 is 51.3 Å². The van der Waals surface area contributed by atoms with E-state index in [0.717, 1.165) is 27.6 Å². The van der Waals surface area contributed by atoms with Gasteiger partial charge >= 0.3 is 0 Å². The number of furan rings is 1. The standard InChI is InChI=1S/C19H14N2O3S2/c1-10-4-11(2-3-12(10)9-22)15-8-20-7-13-5-14(24-17(13)15)6-16-18(23)21-19(25)26-16/h2-8,22H,9H2,1H3,(H,21,23,25)/b16-6-. The first-order valence-corrected chi connectivity index (χ1v) is 9.11. The number of hydrogen-bond donors (Lipinski definition) is 2. The molecular weight excluding hydrogens is 368 g/mol. The molecule has 0 spiro atoms. The summed E-state index contributed by atoms with van der Waals surface area (Å²) in [6.45, 7) is 1.97. The fraction of sp³-hybridized carbons (Fsp3) is 0.105. The van der Waals surface area contributed by atoms with Crippen molar-refractivity contribution in [2.75, 3.05) is 0 Å². The number of aliphatic hydroxyl groups excluding tert-OH is 1. The van der Waals surface area contributed by atoms with E-state index in [1.54, 1.807) is 18.5 Å². The Balaban J connectivity index is 1.79. The van der Waals surface area contributed by atoms with Gasteiger partial charge in [-0.3, -0.25) is 9.78 Å². The number of amides is 1. The lowest BCUT2D eigenvalue weighted by atomic mass is 10.0. The zero-order chi connectivity index (χ0) is 18.3. The predicted octanol–water partition coefficient (Wildman–Crippen LogP) is 3.78. The Morgan fingerprint density at radius 1 is 1.35 bits per heavy atom. The van der Waals surface area contributed by atoms with Gasteiger partial charge in [-0.1, -0.05) is 42.2 Å². The average Bonchev–Trinajstić information content (AvgIpc) is 3.16. The van der Waals surface area contributed by atoms with Crippen LogP contribution in [0.5, 0.6) is 0 Å². The highest BCUT2D eigenvalue weighted by Gasteiger charge is 2.23. The van der Waals surface area contributed by atoms with Gasteiger partial charge < -0.3 is 14.8 Å². The highest BCUT2D eigenvalue weighted by atomic mass is 32.2. The minimum Gasteiger partial charge on any atom is -0.456 e. The molecule has 1 aliphatic heterocycles. The number of aromatic nitrogens is 1. The summed E-state index contributed by atoms with van der Waals surface area (Å²) >= 11 is 6.22. The molecule has 0 saturated carbocycles. The molecule has 1 aliphatic rings. The molecule has 0 radical (unpaired) electrons. The summed E-state index contributed by atoms with van der Waals surface area (Å²) in [4.78, 5) is 16.6. The van der Waals surface area contributed by atoms with Gasteiger partial charge in [0.05, 0.1) is 11.5 Å². The molecule has 5 nitrogen and oxygen atoms in total. The van der Waals surface area contributed by atoms with Gasteiger partial charge in [0.1, 0.15) is 15.7 Å². The molecule has 3 aromatic rings. The van der Waals surface area contributed by atoms with Crippen LogP contribution in [0.2, 0.25) is 0 Å². The third kappa shape index (κ3) is 3.05. The molecule has 1 aromatic carbocycles. The summed E-state index contributed by atoms with van der Waals surface area (Å²) < 4.78 is 6.44. The van der Waals surface area contributed by atoms with Crippen molar-refractivity contribution in [3.8, 4) is 11.1 Å². The van der Waals surface area contributed by atoms with Crippen molar-refractivity contribution < 1.29 is 14.3 Å². The van der Waals surface area contributed by atoms with E-state index < -0.39 is 0 Å². The minimum absolute atomic E-state index is 0.00856. The van der Waals surface area contributed by atoms with Crippen LogP contribution in [-0.2, 0) is 11.4 Å². The topological polar surface area (TPSA) is 75.4 Å². The number of aliphatic hydroxyl groups is 1. The lowest BCUT2D eigenvalue weighted by Gasteiger charge is -2.07. The summed E-state index contributed by atoms with van der Waals surface area (Å²) in [6.07, 6.45) is 5.16. The van der Waals surface area contributed by atoms with E-state index in [2.05, 4.69) is 10.3 Å². The van der Waals surface area contributed by atoms with E-state index in [9.17, 15) is 9.90 Å². The molecule has 1 saturated heterocycles. The van der Waals surface area contributed by atoms with Gasteiger partial charge in [0.2, 0.25) is 0 Å². The van der Waals surface area contributed by atoms with Gasteiger partial charge in [-0.05, 0) is 29.7 Å². The van der Waals surface area contributed by atoms with E-state index in [1.165, 1.54) is 11.8 Å². The zero-order valence-electron chi connectivity index (χ0n) is 13.8. The lowest BCUT2D eigenvalue weighted by Crippen LogP contribution is -2.17. The van der Waals surface area contributed by atoms with Gasteiger partial charge in [-0.2, -0.15) is 0 Å². The van der Waals surface area contributed by atoms with Crippen LogP contribution in [-0.4, -0.2) is 20.3 Å². The van der Waals surface area contributed by atoms with Crippen LogP contribution in [0.3, 0.4) is 0 Å². The molecule has 2 aromatic heterocycles. The largest absolute Gasteiger partial charge is 0.456 e. The van der Waals surface area contributed by atoms with Crippen molar-refractivity contribution in [1.82, 2.24) is 10.3 Å². The number of benzene rings is 1. The molecule has 1 fully saturated rings. The number of carbonyl (C=O) groups is 1. The number of nitrogens with one attached hydrogen (secondary N) is 1. The summed E-state index contributed by atoms with van der Waals surface area (Å²) in [5.41, 5.74) is 4.41. The number of thioether (sulfide) groups is 1. The van der Waals surface area contributed by atoms with E-state index in [0.29, 0.717) is 20.6 Å². The van der Waals surface area contributed by atoms with Crippen LogP contribution >= 0.6 is 24.0 Å². The Hall–Kier alpha value is -2.48. The average molecular weight is 382 g/mol. The van der Waals surface area contributed by atoms with Crippen molar-refractivity contribution in [2.24, 2.45) is 0 Å². The van der Waals surface area contributed by atoms with Crippen molar-refractivity contribution in [1.29, 1.82) is 0 Å². The number of pyridine rings is 1. The Morgan fingerprint density at radius 3 is 2.88 bits per heavy atom. The highest BCUT2D eigenvalue weighted by Crippen LogP contribution is 2.33. The predicted molar refractivity (Wildman–Crippen MR) is 106 cm³/mol. The van der Waals surface area contributed by atoms with E-state index >= 15 is 0 Å². The number of carbonyl (C=O) groups excluding carboxylic acids is 1. The molecule has 7 heteroatoms. The van der Waals surface area contributed by atoms with Crippen LogP contribution in [0.1, 0.15) is 16.9 Å². The molecule has 0 unspecified atom stereocenters. The molecule has 4 rings (SSSR count). The van der Waals surface area contributed by atoms with Crippen LogP contribution < -0.4 is 5.32 Å². The van der Waals surface area contributed by atoms with Crippen molar-refractivity contribution in [3.05, 3.63) is 58.5 Å².